The Labute approximate surface area is 118 Å². The summed E-state index contributed by atoms with van der Waals surface area (Å²) in [5.41, 5.74) is 0.385. The Morgan fingerprint density at radius 1 is 1.53 bits per heavy atom. The van der Waals surface area contributed by atoms with Crippen LogP contribution in [0, 0.1) is 17.2 Å². The number of carbonyl (C=O) groups excluding carboxylic acids is 1. The fourth-order valence-corrected chi connectivity index (χ4v) is 1.59. The molecule has 1 amide bonds. The molecule has 0 spiro atoms. The average Bonchev–Trinajstić information content (AvgIpc) is 2.36. The van der Waals surface area contributed by atoms with Crippen LogP contribution in [0.3, 0.4) is 0 Å². The molecule has 5 heteroatoms. The van der Waals surface area contributed by atoms with Crippen molar-refractivity contribution in [3.63, 3.8) is 0 Å². The van der Waals surface area contributed by atoms with Gasteiger partial charge in [0.1, 0.15) is 11.8 Å². The molecule has 0 aliphatic rings. The first-order chi connectivity index (χ1) is 9.02. The number of nitrogens with one attached hydrogen (secondary N) is 1. The second-order valence-electron chi connectivity index (χ2n) is 4.57. The second-order valence-corrected chi connectivity index (χ2v) is 4.98. The first-order valence-electron chi connectivity index (χ1n) is 6.12. The normalized spacial score (nSPS) is 10.1. The number of hydrogen-bond donors (Lipinski definition) is 1. The molecule has 0 radical (unpaired) electrons. The molecular formula is C14H17ClN2O2. The van der Waals surface area contributed by atoms with Crippen molar-refractivity contribution in [3.8, 4) is 11.8 Å². The first kappa shape index (κ1) is 15.3. The lowest BCUT2D eigenvalue weighted by molar-refractivity contribution is -0.123. The number of halogens is 1. The monoisotopic (exact) mass is 280 g/mol. The van der Waals surface area contributed by atoms with Crippen LogP contribution < -0.4 is 10.1 Å². The molecule has 19 heavy (non-hydrogen) atoms. The third kappa shape index (κ3) is 5.62. The minimum atomic E-state index is -0.166. The van der Waals surface area contributed by atoms with E-state index >= 15 is 0 Å². The standard InChI is InChI=1S/C14H17ClN2O2/c1-10(2)5-6-17-14(18)9-19-12-4-3-11(8-16)13(15)7-12/h3-4,7,10H,5-6,9H2,1-2H3,(H,17,18). The van der Waals surface area contributed by atoms with E-state index in [0.717, 1.165) is 6.42 Å². The smallest absolute Gasteiger partial charge is 0.257 e. The molecule has 0 aliphatic heterocycles. The molecule has 0 fully saturated rings. The minimum absolute atomic E-state index is 0.0552. The fraction of sp³-hybridized carbons (Fsp3) is 0.429. The van der Waals surface area contributed by atoms with E-state index in [2.05, 4.69) is 19.2 Å². The molecule has 0 atom stereocenters. The van der Waals surface area contributed by atoms with Crippen molar-refractivity contribution in [2.24, 2.45) is 5.92 Å². The first-order valence-corrected chi connectivity index (χ1v) is 6.50. The van der Waals surface area contributed by atoms with Crippen LogP contribution in [0.5, 0.6) is 5.75 Å². The van der Waals surface area contributed by atoms with Crippen LogP contribution in [0.1, 0.15) is 25.8 Å². The van der Waals surface area contributed by atoms with Gasteiger partial charge in [-0.25, -0.2) is 0 Å². The van der Waals surface area contributed by atoms with Crippen molar-refractivity contribution in [2.45, 2.75) is 20.3 Å². The Hall–Kier alpha value is -1.73. The molecule has 0 saturated heterocycles. The van der Waals surface area contributed by atoms with Gasteiger partial charge in [-0.05, 0) is 24.5 Å². The van der Waals surface area contributed by atoms with Gasteiger partial charge in [0.25, 0.3) is 5.91 Å². The number of nitriles is 1. The maximum Gasteiger partial charge on any atom is 0.257 e. The van der Waals surface area contributed by atoms with Crippen molar-refractivity contribution >= 4 is 17.5 Å². The van der Waals surface area contributed by atoms with Crippen LogP contribution in [-0.2, 0) is 4.79 Å². The molecule has 0 saturated carbocycles. The van der Waals surface area contributed by atoms with Crippen LogP contribution in [0.25, 0.3) is 0 Å². The summed E-state index contributed by atoms with van der Waals surface area (Å²) in [6.45, 7) is 4.79. The van der Waals surface area contributed by atoms with Gasteiger partial charge in [-0.3, -0.25) is 4.79 Å². The highest BCUT2D eigenvalue weighted by atomic mass is 35.5. The third-order valence-corrected chi connectivity index (χ3v) is 2.79. The largest absolute Gasteiger partial charge is 0.484 e. The highest BCUT2D eigenvalue weighted by Gasteiger charge is 2.05. The summed E-state index contributed by atoms with van der Waals surface area (Å²) >= 11 is 5.86. The summed E-state index contributed by atoms with van der Waals surface area (Å²) in [7, 11) is 0. The molecule has 0 aromatic heterocycles. The van der Waals surface area contributed by atoms with Gasteiger partial charge in [-0.1, -0.05) is 25.4 Å². The van der Waals surface area contributed by atoms with Crippen molar-refractivity contribution in [3.05, 3.63) is 28.8 Å². The zero-order chi connectivity index (χ0) is 14.3. The lowest BCUT2D eigenvalue weighted by Gasteiger charge is -2.09. The van der Waals surface area contributed by atoms with Crippen molar-refractivity contribution in [2.75, 3.05) is 13.2 Å². The fourth-order valence-electron chi connectivity index (χ4n) is 1.38. The van der Waals surface area contributed by atoms with E-state index in [4.69, 9.17) is 21.6 Å². The van der Waals surface area contributed by atoms with E-state index in [9.17, 15) is 4.79 Å². The molecule has 0 heterocycles. The Morgan fingerprint density at radius 3 is 2.84 bits per heavy atom. The van der Waals surface area contributed by atoms with E-state index in [1.54, 1.807) is 12.1 Å². The SMILES string of the molecule is CC(C)CCNC(=O)COc1ccc(C#N)c(Cl)c1. The zero-order valence-electron chi connectivity index (χ0n) is 11.1. The summed E-state index contributed by atoms with van der Waals surface area (Å²) in [5.74, 6) is 0.864. The molecular weight excluding hydrogens is 264 g/mol. The van der Waals surface area contributed by atoms with Crippen molar-refractivity contribution in [1.82, 2.24) is 5.32 Å². The summed E-state index contributed by atoms with van der Waals surface area (Å²) in [6.07, 6.45) is 0.939. The maximum absolute atomic E-state index is 11.5. The number of nitrogens with zero attached hydrogens (tertiary/aromatic N) is 1. The number of hydrogen-bond acceptors (Lipinski definition) is 3. The minimum Gasteiger partial charge on any atom is -0.484 e. The van der Waals surface area contributed by atoms with E-state index in [0.29, 0.717) is 28.8 Å². The van der Waals surface area contributed by atoms with E-state index in [1.807, 2.05) is 6.07 Å². The number of amides is 1. The summed E-state index contributed by atoms with van der Waals surface area (Å²) < 4.78 is 5.30. The Bertz CT molecular complexity index is 481. The molecule has 1 rings (SSSR count). The van der Waals surface area contributed by atoms with E-state index in [-0.39, 0.29) is 12.5 Å². The lowest BCUT2D eigenvalue weighted by atomic mass is 10.1. The summed E-state index contributed by atoms with van der Waals surface area (Å²) in [6, 6.07) is 6.67. The summed E-state index contributed by atoms with van der Waals surface area (Å²) in [4.78, 5) is 11.5. The van der Waals surface area contributed by atoms with Gasteiger partial charge in [-0.2, -0.15) is 5.26 Å². The van der Waals surface area contributed by atoms with Gasteiger partial charge in [0.05, 0.1) is 10.6 Å². The number of benzene rings is 1. The Kier molecular flexibility index (Phi) is 6.17. The Morgan fingerprint density at radius 2 is 2.26 bits per heavy atom. The molecule has 1 aromatic rings. The highest BCUT2D eigenvalue weighted by molar-refractivity contribution is 6.31. The molecule has 4 nitrogen and oxygen atoms in total. The van der Waals surface area contributed by atoms with Gasteiger partial charge in [0.2, 0.25) is 0 Å². The van der Waals surface area contributed by atoms with Gasteiger partial charge >= 0.3 is 0 Å². The van der Waals surface area contributed by atoms with Gasteiger partial charge in [0.15, 0.2) is 6.61 Å². The van der Waals surface area contributed by atoms with Crippen molar-refractivity contribution in [1.29, 1.82) is 5.26 Å². The van der Waals surface area contributed by atoms with Crippen LogP contribution in [0.4, 0.5) is 0 Å². The van der Waals surface area contributed by atoms with E-state index < -0.39 is 0 Å². The highest BCUT2D eigenvalue weighted by Crippen LogP contribution is 2.21. The van der Waals surface area contributed by atoms with Crippen LogP contribution >= 0.6 is 11.6 Å². The lowest BCUT2D eigenvalue weighted by Crippen LogP contribution is -2.30. The molecule has 102 valence electrons. The summed E-state index contributed by atoms with van der Waals surface area (Å²) in [5, 5.41) is 11.8. The van der Waals surface area contributed by atoms with Gasteiger partial charge in [-0.15, -0.1) is 0 Å². The van der Waals surface area contributed by atoms with Crippen LogP contribution in [0.15, 0.2) is 18.2 Å². The molecule has 1 aromatic carbocycles. The number of rotatable bonds is 6. The zero-order valence-corrected chi connectivity index (χ0v) is 11.8. The van der Waals surface area contributed by atoms with E-state index in [1.165, 1.54) is 6.07 Å². The van der Waals surface area contributed by atoms with Crippen molar-refractivity contribution < 1.29 is 9.53 Å². The maximum atomic E-state index is 11.5. The van der Waals surface area contributed by atoms with Crippen LogP contribution in [-0.4, -0.2) is 19.1 Å². The second kappa shape index (κ2) is 7.65. The predicted octanol–water partition coefficient (Wildman–Crippen LogP) is 2.75. The van der Waals surface area contributed by atoms with Gasteiger partial charge in [0, 0.05) is 12.6 Å². The van der Waals surface area contributed by atoms with Crippen LogP contribution in [0.2, 0.25) is 5.02 Å². The average molecular weight is 281 g/mol. The molecule has 0 unspecified atom stereocenters. The third-order valence-electron chi connectivity index (χ3n) is 2.47. The molecule has 0 aliphatic carbocycles. The Balaban J connectivity index is 2.38. The van der Waals surface area contributed by atoms with Gasteiger partial charge < -0.3 is 10.1 Å². The number of ether oxygens (including phenoxy) is 1. The predicted molar refractivity (Wildman–Crippen MR) is 74.1 cm³/mol. The number of carbonyl (C=O) groups is 1. The topological polar surface area (TPSA) is 62.1 Å². The molecule has 1 N–H and O–H groups in total. The quantitative estimate of drug-likeness (QED) is 0.871. The molecule has 0 bridgehead atoms.